The highest BCUT2D eigenvalue weighted by atomic mass is 35.5. The molecule has 1 N–H and O–H groups in total. The molecule has 0 aliphatic heterocycles. The van der Waals surface area contributed by atoms with Gasteiger partial charge in [0.05, 0.1) is 0 Å². The molecule has 0 atom stereocenters. The van der Waals surface area contributed by atoms with E-state index in [-0.39, 0.29) is 5.17 Å². The summed E-state index contributed by atoms with van der Waals surface area (Å²) < 4.78 is 0. The molecule has 0 aliphatic carbocycles. The van der Waals surface area contributed by atoms with Crippen LogP contribution >= 0.6 is 23.4 Å². The smallest absolute Gasteiger partial charge is 0.175 e. The molecule has 0 heterocycles. The van der Waals surface area contributed by atoms with Crippen LogP contribution < -0.4 is 0 Å². The van der Waals surface area contributed by atoms with Gasteiger partial charge in [-0.05, 0) is 17.9 Å². The third-order valence-electron chi connectivity index (χ3n) is 1.49. The maximum absolute atomic E-state index is 8.41. The van der Waals surface area contributed by atoms with Crippen LogP contribution in [0, 0.1) is 0 Å². The lowest BCUT2D eigenvalue weighted by Gasteiger charge is -1.99. The van der Waals surface area contributed by atoms with Gasteiger partial charge in [0.2, 0.25) is 0 Å². The number of oxime groups is 1. The van der Waals surface area contributed by atoms with E-state index in [1.807, 2.05) is 24.3 Å². The molecule has 1 aromatic carbocycles. The molecule has 0 aliphatic rings. The van der Waals surface area contributed by atoms with Gasteiger partial charge in [-0.15, -0.1) is 11.8 Å². The van der Waals surface area contributed by atoms with Gasteiger partial charge in [0.15, 0.2) is 5.17 Å². The fraction of sp³-hybridized carbons (Fsp3) is 0.222. The molecule has 70 valence electrons. The van der Waals surface area contributed by atoms with Gasteiger partial charge in [0.25, 0.3) is 0 Å². The Labute approximate surface area is 86.6 Å². The van der Waals surface area contributed by atoms with Crippen molar-refractivity contribution < 1.29 is 5.21 Å². The summed E-state index contributed by atoms with van der Waals surface area (Å²) in [5, 5.41) is 11.4. The Morgan fingerprint density at radius 3 is 2.54 bits per heavy atom. The van der Waals surface area contributed by atoms with E-state index in [1.54, 1.807) is 11.8 Å². The van der Waals surface area contributed by atoms with E-state index in [9.17, 15) is 0 Å². The van der Waals surface area contributed by atoms with E-state index >= 15 is 0 Å². The van der Waals surface area contributed by atoms with Crippen molar-refractivity contribution >= 4 is 28.5 Å². The molecule has 0 fully saturated rings. The Bertz CT molecular complexity index is 297. The zero-order valence-electron chi connectivity index (χ0n) is 7.20. The zero-order chi connectivity index (χ0) is 9.68. The normalized spacial score (nSPS) is 11.7. The van der Waals surface area contributed by atoms with Crippen molar-refractivity contribution in [1.29, 1.82) is 0 Å². The minimum Gasteiger partial charge on any atom is -0.410 e. The van der Waals surface area contributed by atoms with E-state index in [4.69, 9.17) is 16.8 Å². The van der Waals surface area contributed by atoms with Crippen LogP contribution in [0.2, 0.25) is 0 Å². The minimum atomic E-state index is 0.119. The van der Waals surface area contributed by atoms with Gasteiger partial charge in [-0.3, -0.25) is 0 Å². The molecule has 1 rings (SSSR count). The zero-order valence-corrected chi connectivity index (χ0v) is 8.77. The van der Waals surface area contributed by atoms with Gasteiger partial charge in [0, 0.05) is 10.5 Å². The number of hydrogen-bond donors (Lipinski definition) is 1. The quantitative estimate of drug-likeness (QED) is 0.364. The van der Waals surface area contributed by atoms with Crippen molar-refractivity contribution in [3.8, 4) is 0 Å². The lowest BCUT2D eigenvalue weighted by Crippen LogP contribution is -1.89. The van der Waals surface area contributed by atoms with Gasteiger partial charge in [-0.25, -0.2) is 0 Å². The third-order valence-corrected chi connectivity index (χ3v) is 2.68. The fourth-order valence-corrected chi connectivity index (χ4v) is 1.70. The van der Waals surface area contributed by atoms with Crippen molar-refractivity contribution in [1.82, 2.24) is 0 Å². The highest BCUT2D eigenvalue weighted by molar-refractivity contribution is 7.99. The van der Waals surface area contributed by atoms with Crippen LogP contribution in [-0.2, 0) is 0 Å². The van der Waals surface area contributed by atoms with Gasteiger partial charge < -0.3 is 5.21 Å². The van der Waals surface area contributed by atoms with Crippen LogP contribution in [0.15, 0.2) is 34.3 Å². The average Bonchev–Trinajstić information content (AvgIpc) is 2.18. The van der Waals surface area contributed by atoms with Crippen molar-refractivity contribution in [2.45, 2.75) is 11.8 Å². The first-order chi connectivity index (χ1) is 6.27. The lowest BCUT2D eigenvalue weighted by atomic mass is 10.2. The van der Waals surface area contributed by atoms with Crippen molar-refractivity contribution in [2.24, 2.45) is 5.16 Å². The summed E-state index contributed by atoms with van der Waals surface area (Å²) in [7, 11) is 0. The molecule has 0 amide bonds. The first-order valence-electron chi connectivity index (χ1n) is 3.88. The van der Waals surface area contributed by atoms with Crippen LogP contribution in [-0.4, -0.2) is 16.1 Å². The van der Waals surface area contributed by atoms with E-state index in [1.165, 1.54) is 4.90 Å². The second-order valence-corrected chi connectivity index (χ2v) is 4.04. The molecular formula is C9H10ClNOS. The number of thioether (sulfide) groups is 1. The summed E-state index contributed by atoms with van der Waals surface area (Å²) in [4.78, 5) is 1.19. The van der Waals surface area contributed by atoms with Crippen LogP contribution in [0.4, 0.5) is 0 Å². The number of rotatable bonds is 3. The van der Waals surface area contributed by atoms with Crippen LogP contribution in [0.5, 0.6) is 0 Å². The highest BCUT2D eigenvalue weighted by Crippen LogP contribution is 2.18. The monoisotopic (exact) mass is 215 g/mol. The van der Waals surface area contributed by atoms with Crippen LogP contribution in [0.25, 0.3) is 0 Å². The molecule has 13 heavy (non-hydrogen) atoms. The largest absolute Gasteiger partial charge is 0.410 e. The second kappa shape index (κ2) is 5.14. The van der Waals surface area contributed by atoms with Crippen LogP contribution in [0.3, 0.4) is 0 Å². The number of benzene rings is 1. The molecule has 0 radical (unpaired) electrons. The first-order valence-corrected chi connectivity index (χ1v) is 5.25. The Balaban J connectivity index is 2.81. The maximum Gasteiger partial charge on any atom is 0.175 e. The molecule has 0 spiro atoms. The average molecular weight is 216 g/mol. The summed E-state index contributed by atoms with van der Waals surface area (Å²) in [6.45, 7) is 2.10. The van der Waals surface area contributed by atoms with Crippen molar-refractivity contribution in [3.63, 3.8) is 0 Å². The number of nitrogens with zero attached hydrogens (tertiary/aromatic N) is 1. The van der Waals surface area contributed by atoms with Gasteiger partial charge in [-0.1, -0.05) is 35.8 Å². The minimum absolute atomic E-state index is 0.119. The van der Waals surface area contributed by atoms with Crippen molar-refractivity contribution in [2.75, 3.05) is 5.75 Å². The Kier molecular flexibility index (Phi) is 4.12. The number of hydrogen-bond acceptors (Lipinski definition) is 3. The summed E-state index contributed by atoms with van der Waals surface area (Å²) in [5.74, 6) is 1.04. The Morgan fingerprint density at radius 1 is 1.46 bits per heavy atom. The summed E-state index contributed by atoms with van der Waals surface area (Å²) in [5.41, 5.74) is 0.726. The van der Waals surface area contributed by atoms with Crippen molar-refractivity contribution in [3.05, 3.63) is 29.8 Å². The molecule has 2 nitrogen and oxygen atoms in total. The predicted octanol–water partition coefficient (Wildman–Crippen LogP) is 3.17. The summed E-state index contributed by atoms with van der Waals surface area (Å²) in [6, 6.07) is 7.58. The SMILES string of the molecule is CCSc1ccc(C(Cl)=NO)cc1. The second-order valence-electron chi connectivity index (χ2n) is 2.35. The molecule has 0 aromatic heterocycles. The maximum atomic E-state index is 8.41. The molecule has 0 saturated carbocycles. The molecule has 4 heteroatoms. The lowest BCUT2D eigenvalue weighted by molar-refractivity contribution is 0.321. The van der Waals surface area contributed by atoms with Crippen LogP contribution in [0.1, 0.15) is 12.5 Å². The standard InChI is InChI=1S/C9H10ClNOS/c1-2-13-8-5-3-7(4-6-8)9(10)11-12/h3-6,12H,2H2,1H3. The predicted molar refractivity (Wildman–Crippen MR) is 57.0 cm³/mol. The van der Waals surface area contributed by atoms with Gasteiger partial charge in [0.1, 0.15) is 0 Å². The Hall–Kier alpha value is -0.670. The van der Waals surface area contributed by atoms with E-state index < -0.39 is 0 Å². The van der Waals surface area contributed by atoms with E-state index in [2.05, 4.69) is 12.1 Å². The molecule has 0 saturated heterocycles. The fourth-order valence-electron chi connectivity index (χ4n) is 0.913. The summed E-state index contributed by atoms with van der Waals surface area (Å²) in [6.07, 6.45) is 0. The molecule has 0 bridgehead atoms. The molecule has 1 aromatic rings. The van der Waals surface area contributed by atoms with E-state index in [0.29, 0.717) is 0 Å². The molecular weight excluding hydrogens is 206 g/mol. The van der Waals surface area contributed by atoms with Gasteiger partial charge in [-0.2, -0.15) is 0 Å². The summed E-state index contributed by atoms with van der Waals surface area (Å²) >= 11 is 7.37. The highest BCUT2D eigenvalue weighted by Gasteiger charge is 1.99. The Morgan fingerprint density at radius 2 is 2.08 bits per heavy atom. The third kappa shape index (κ3) is 2.94. The topological polar surface area (TPSA) is 32.6 Å². The van der Waals surface area contributed by atoms with E-state index in [0.717, 1.165) is 11.3 Å². The van der Waals surface area contributed by atoms with Gasteiger partial charge >= 0.3 is 0 Å². The first kappa shape index (κ1) is 10.4. The molecule has 0 unspecified atom stereocenters. The number of halogens is 1.